The highest BCUT2D eigenvalue weighted by Crippen LogP contribution is 2.17. The van der Waals surface area contributed by atoms with Gasteiger partial charge in [-0.3, -0.25) is 0 Å². The molecule has 1 rings (SSSR count). The van der Waals surface area contributed by atoms with Crippen LogP contribution in [0.1, 0.15) is 43.2 Å². The zero-order valence-corrected chi connectivity index (χ0v) is 12.5. The summed E-state index contributed by atoms with van der Waals surface area (Å²) in [6.07, 6.45) is 6.61. The standard InChI is InChI=1S/C17H25NO2/c1-4-5-6-7-8-9-16(17(19)20)18-15-11-13(2)10-14(3)12-15/h4,10-12,16,18H,1,5-9H2,2-3H3,(H,19,20)/t16-/m0/s1. The monoisotopic (exact) mass is 275 g/mol. The Kier molecular flexibility index (Phi) is 6.85. The average molecular weight is 275 g/mol. The number of hydrogen-bond acceptors (Lipinski definition) is 2. The Morgan fingerprint density at radius 2 is 1.90 bits per heavy atom. The molecule has 1 aromatic carbocycles. The van der Waals surface area contributed by atoms with Crippen LogP contribution >= 0.6 is 0 Å². The summed E-state index contributed by atoms with van der Waals surface area (Å²) >= 11 is 0. The first-order chi connectivity index (χ1) is 9.52. The van der Waals surface area contributed by atoms with Crippen LogP contribution in [-0.4, -0.2) is 17.1 Å². The highest BCUT2D eigenvalue weighted by molar-refractivity contribution is 5.77. The molecular weight excluding hydrogens is 250 g/mol. The molecule has 0 aliphatic heterocycles. The molecule has 0 aliphatic rings. The number of hydrogen-bond donors (Lipinski definition) is 2. The van der Waals surface area contributed by atoms with Gasteiger partial charge in [0, 0.05) is 5.69 Å². The summed E-state index contributed by atoms with van der Waals surface area (Å²) in [4.78, 5) is 11.3. The van der Waals surface area contributed by atoms with Crippen molar-refractivity contribution in [3.63, 3.8) is 0 Å². The molecule has 0 aliphatic carbocycles. The predicted molar refractivity (Wildman–Crippen MR) is 84.2 cm³/mol. The van der Waals surface area contributed by atoms with Crippen LogP contribution in [-0.2, 0) is 4.79 Å². The largest absolute Gasteiger partial charge is 0.480 e. The summed E-state index contributed by atoms with van der Waals surface area (Å²) in [7, 11) is 0. The molecule has 0 saturated carbocycles. The van der Waals surface area contributed by atoms with Crippen molar-refractivity contribution in [3.05, 3.63) is 42.0 Å². The summed E-state index contributed by atoms with van der Waals surface area (Å²) in [5.41, 5.74) is 3.17. The van der Waals surface area contributed by atoms with Crippen molar-refractivity contribution in [1.82, 2.24) is 0 Å². The molecular formula is C17H25NO2. The Labute approximate surface area is 121 Å². The summed E-state index contributed by atoms with van der Waals surface area (Å²) in [5, 5.41) is 12.4. The quantitative estimate of drug-likeness (QED) is 0.521. The SMILES string of the molecule is C=CCCCCC[C@H](Nc1cc(C)cc(C)c1)C(=O)O. The van der Waals surface area contributed by atoms with Crippen LogP contribution in [0.2, 0.25) is 0 Å². The Morgan fingerprint density at radius 1 is 1.25 bits per heavy atom. The third-order valence-corrected chi connectivity index (χ3v) is 3.26. The highest BCUT2D eigenvalue weighted by Gasteiger charge is 2.16. The van der Waals surface area contributed by atoms with Gasteiger partial charge in [-0.15, -0.1) is 6.58 Å². The molecule has 0 heterocycles. The summed E-state index contributed by atoms with van der Waals surface area (Å²) < 4.78 is 0. The number of aliphatic carboxylic acids is 1. The molecule has 110 valence electrons. The molecule has 0 amide bonds. The minimum absolute atomic E-state index is 0.514. The number of allylic oxidation sites excluding steroid dienone is 1. The van der Waals surface area contributed by atoms with Gasteiger partial charge in [-0.25, -0.2) is 4.79 Å². The Hall–Kier alpha value is -1.77. The Morgan fingerprint density at radius 3 is 2.45 bits per heavy atom. The molecule has 0 aromatic heterocycles. The van der Waals surface area contributed by atoms with Crippen LogP contribution in [0.5, 0.6) is 0 Å². The average Bonchev–Trinajstić information content (AvgIpc) is 2.35. The Bertz CT molecular complexity index is 434. The fourth-order valence-corrected chi connectivity index (χ4v) is 2.33. The van der Waals surface area contributed by atoms with Crippen molar-refractivity contribution in [2.75, 3.05) is 5.32 Å². The van der Waals surface area contributed by atoms with Gasteiger partial charge >= 0.3 is 5.97 Å². The van der Waals surface area contributed by atoms with E-state index in [1.54, 1.807) is 0 Å². The minimum atomic E-state index is -0.784. The minimum Gasteiger partial charge on any atom is -0.480 e. The van der Waals surface area contributed by atoms with Crippen LogP contribution < -0.4 is 5.32 Å². The second-order valence-electron chi connectivity index (χ2n) is 5.34. The fraction of sp³-hybridized carbons (Fsp3) is 0.471. The van der Waals surface area contributed by atoms with Gasteiger partial charge in [0.1, 0.15) is 6.04 Å². The van der Waals surface area contributed by atoms with Gasteiger partial charge in [0.2, 0.25) is 0 Å². The maximum absolute atomic E-state index is 11.3. The predicted octanol–water partition coefficient (Wildman–Crippen LogP) is 4.31. The molecule has 0 unspecified atom stereocenters. The van der Waals surface area contributed by atoms with E-state index in [0.29, 0.717) is 6.42 Å². The smallest absolute Gasteiger partial charge is 0.326 e. The van der Waals surface area contributed by atoms with Gasteiger partial charge in [0.25, 0.3) is 0 Å². The molecule has 0 bridgehead atoms. The molecule has 1 aromatic rings. The van der Waals surface area contributed by atoms with Crippen molar-refractivity contribution in [2.45, 2.75) is 52.0 Å². The number of aryl methyl sites for hydroxylation is 2. The van der Waals surface area contributed by atoms with Crippen molar-refractivity contribution in [1.29, 1.82) is 0 Å². The lowest BCUT2D eigenvalue weighted by Gasteiger charge is -2.16. The van der Waals surface area contributed by atoms with Gasteiger partial charge in [-0.1, -0.05) is 25.0 Å². The number of rotatable bonds is 9. The number of unbranched alkanes of at least 4 members (excludes halogenated alkanes) is 3. The lowest BCUT2D eigenvalue weighted by Crippen LogP contribution is -2.29. The third kappa shape index (κ3) is 5.91. The topological polar surface area (TPSA) is 49.3 Å². The van der Waals surface area contributed by atoms with Gasteiger partial charge in [-0.2, -0.15) is 0 Å². The van der Waals surface area contributed by atoms with Crippen LogP contribution in [0.4, 0.5) is 5.69 Å². The zero-order chi connectivity index (χ0) is 15.0. The van der Waals surface area contributed by atoms with E-state index >= 15 is 0 Å². The van der Waals surface area contributed by atoms with Gasteiger partial charge in [-0.05, 0) is 56.4 Å². The summed E-state index contributed by atoms with van der Waals surface area (Å²) in [5.74, 6) is -0.784. The van der Waals surface area contributed by atoms with Crippen molar-refractivity contribution < 1.29 is 9.90 Å². The molecule has 20 heavy (non-hydrogen) atoms. The molecule has 0 saturated heterocycles. The van der Waals surface area contributed by atoms with E-state index < -0.39 is 12.0 Å². The lowest BCUT2D eigenvalue weighted by atomic mass is 10.1. The van der Waals surface area contributed by atoms with E-state index in [0.717, 1.165) is 42.5 Å². The second kappa shape index (κ2) is 8.41. The molecule has 3 heteroatoms. The molecule has 0 fully saturated rings. The number of benzene rings is 1. The summed E-state index contributed by atoms with van der Waals surface area (Å²) in [6.45, 7) is 7.72. The van der Waals surface area contributed by atoms with E-state index in [9.17, 15) is 9.90 Å². The first kappa shape index (κ1) is 16.3. The van der Waals surface area contributed by atoms with E-state index in [1.807, 2.05) is 32.1 Å². The maximum atomic E-state index is 11.3. The van der Waals surface area contributed by atoms with Crippen molar-refractivity contribution in [3.8, 4) is 0 Å². The van der Waals surface area contributed by atoms with Gasteiger partial charge in [0.05, 0.1) is 0 Å². The van der Waals surface area contributed by atoms with Gasteiger partial charge < -0.3 is 10.4 Å². The fourth-order valence-electron chi connectivity index (χ4n) is 2.33. The van der Waals surface area contributed by atoms with Crippen LogP contribution in [0.15, 0.2) is 30.9 Å². The molecule has 1 atom stereocenters. The van der Waals surface area contributed by atoms with E-state index in [4.69, 9.17) is 0 Å². The third-order valence-electron chi connectivity index (χ3n) is 3.26. The number of carboxylic acid groups (broad SMARTS) is 1. The van der Waals surface area contributed by atoms with Gasteiger partial charge in [0.15, 0.2) is 0 Å². The summed E-state index contributed by atoms with van der Waals surface area (Å²) in [6, 6.07) is 5.54. The normalized spacial score (nSPS) is 11.9. The number of carboxylic acids is 1. The lowest BCUT2D eigenvalue weighted by molar-refractivity contribution is -0.138. The van der Waals surface area contributed by atoms with E-state index in [1.165, 1.54) is 0 Å². The Balaban J connectivity index is 2.54. The first-order valence-electron chi connectivity index (χ1n) is 7.21. The maximum Gasteiger partial charge on any atom is 0.326 e. The van der Waals surface area contributed by atoms with Crippen LogP contribution in [0, 0.1) is 13.8 Å². The molecule has 2 N–H and O–H groups in total. The van der Waals surface area contributed by atoms with Crippen LogP contribution in [0.3, 0.4) is 0 Å². The van der Waals surface area contributed by atoms with E-state index in [2.05, 4.69) is 18.0 Å². The number of anilines is 1. The van der Waals surface area contributed by atoms with Crippen molar-refractivity contribution in [2.24, 2.45) is 0 Å². The second-order valence-corrected chi connectivity index (χ2v) is 5.34. The molecule has 0 radical (unpaired) electrons. The number of carbonyl (C=O) groups is 1. The first-order valence-corrected chi connectivity index (χ1v) is 7.21. The van der Waals surface area contributed by atoms with E-state index in [-0.39, 0.29) is 0 Å². The highest BCUT2D eigenvalue weighted by atomic mass is 16.4. The van der Waals surface area contributed by atoms with Crippen molar-refractivity contribution >= 4 is 11.7 Å². The number of nitrogens with one attached hydrogen (secondary N) is 1. The molecule has 3 nitrogen and oxygen atoms in total. The van der Waals surface area contributed by atoms with Crippen LogP contribution in [0.25, 0.3) is 0 Å². The molecule has 0 spiro atoms. The zero-order valence-electron chi connectivity index (χ0n) is 12.5.